The third-order valence-electron chi connectivity index (χ3n) is 11.6. The van der Waals surface area contributed by atoms with Gasteiger partial charge < -0.3 is 20.0 Å². The van der Waals surface area contributed by atoms with Crippen LogP contribution in [0.5, 0.6) is 0 Å². The van der Waals surface area contributed by atoms with Crippen molar-refractivity contribution < 1.29 is 24.0 Å². The highest BCUT2D eigenvalue weighted by molar-refractivity contribution is 7.99. The molecule has 5 amide bonds. The number of fused-ring (bicyclic) bond motifs is 1. The number of aromatic nitrogens is 1. The van der Waals surface area contributed by atoms with Gasteiger partial charge in [-0.15, -0.1) is 11.8 Å². The van der Waals surface area contributed by atoms with Crippen molar-refractivity contribution in [2.75, 3.05) is 63.0 Å². The van der Waals surface area contributed by atoms with Crippen LogP contribution in [0.25, 0.3) is 6.08 Å². The molecule has 0 saturated carbocycles. The molecule has 0 aliphatic carbocycles. The number of rotatable bonds is 15. The smallest absolute Gasteiger partial charge is 0.255 e. The van der Waals surface area contributed by atoms with Crippen molar-refractivity contribution in [1.82, 2.24) is 30.3 Å². The van der Waals surface area contributed by atoms with Crippen molar-refractivity contribution >= 4 is 53.1 Å². The number of benzene rings is 2. The van der Waals surface area contributed by atoms with Gasteiger partial charge in [0.25, 0.3) is 11.8 Å². The maximum absolute atomic E-state index is 13.3. The lowest BCUT2D eigenvalue weighted by Gasteiger charge is -2.36. The van der Waals surface area contributed by atoms with Gasteiger partial charge in [-0.05, 0) is 110 Å². The molecule has 1 atom stereocenters. The van der Waals surface area contributed by atoms with Gasteiger partial charge in [0.2, 0.25) is 17.7 Å². The summed E-state index contributed by atoms with van der Waals surface area (Å²) in [5.41, 5.74) is 4.45. The largest absolute Gasteiger partial charge is 0.369 e. The summed E-state index contributed by atoms with van der Waals surface area (Å²) in [5, 5.41) is 5.34. The number of unbranched alkanes of at least 4 members (excludes halogenated alkanes) is 1. The predicted octanol–water partition coefficient (Wildman–Crippen LogP) is 5.00. The van der Waals surface area contributed by atoms with E-state index in [9.17, 15) is 24.0 Å². The van der Waals surface area contributed by atoms with Gasteiger partial charge in [0.1, 0.15) is 6.04 Å². The van der Waals surface area contributed by atoms with Gasteiger partial charge in [-0.2, -0.15) is 0 Å². The number of carbonyl (C=O) groups excluding carboxylic acids is 5. The number of piperidine rings is 2. The maximum atomic E-state index is 13.3. The second kappa shape index (κ2) is 19.4. The molecular weight excluding hydrogens is 739 g/mol. The number of thioether (sulfide) groups is 1. The summed E-state index contributed by atoms with van der Waals surface area (Å²) >= 11 is 1.77. The minimum Gasteiger partial charge on any atom is -0.369 e. The predicted molar refractivity (Wildman–Crippen MR) is 222 cm³/mol. The van der Waals surface area contributed by atoms with E-state index in [1.54, 1.807) is 41.2 Å². The molecule has 3 aromatic rings. The zero-order chi connectivity index (χ0) is 39.6. The maximum Gasteiger partial charge on any atom is 0.255 e. The number of imide groups is 1. The molecule has 4 aliphatic heterocycles. The summed E-state index contributed by atoms with van der Waals surface area (Å²) in [4.78, 5) is 76.3. The molecule has 2 aromatic carbocycles. The summed E-state index contributed by atoms with van der Waals surface area (Å²) in [5.74, 6) is 0.789. The van der Waals surface area contributed by atoms with Gasteiger partial charge in [-0.3, -0.25) is 39.2 Å². The fourth-order valence-corrected chi connectivity index (χ4v) is 9.31. The summed E-state index contributed by atoms with van der Waals surface area (Å²) in [7, 11) is 0. The van der Waals surface area contributed by atoms with Crippen molar-refractivity contribution in [3.8, 4) is 0 Å². The molecule has 0 spiro atoms. The molecule has 300 valence electrons. The van der Waals surface area contributed by atoms with Crippen LogP contribution in [0.4, 0.5) is 5.69 Å². The Balaban J connectivity index is 0.763. The molecule has 7 rings (SSSR count). The van der Waals surface area contributed by atoms with Crippen molar-refractivity contribution in [2.24, 2.45) is 5.92 Å². The van der Waals surface area contributed by atoms with Gasteiger partial charge in [0.05, 0.1) is 0 Å². The van der Waals surface area contributed by atoms with Crippen LogP contribution in [0.15, 0.2) is 78.0 Å². The second-order valence-corrected chi connectivity index (χ2v) is 16.5. The average molecular weight is 792 g/mol. The summed E-state index contributed by atoms with van der Waals surface area (Å²) in [6, 6.07) is 17.1. The number of piperazine rings is 1. The molecule has 0 radical (unpaired) electrons. The summed E-state index contributed by atoms with van der Waals surface area (Å²) in [6.07, 6.45) is 13.6. The zero-order valence-electron chi connectivity index (χ0n) is 32.6. The van der Waals surface area contributed by atoms with Gasteiger partial charge in [0, 0.05) is 99.0 Å². The van der Waals surface area contributed by atoms with Crippen molar-refractivity contribution in [3.05, 3.63) is 95.3 Å². The number of amides is 5. The third-order valence-corrected chi connectivity index (χ3v) is 12.8. The quantitative estimate of drug-likeness (QED) is 0.0945. The highest BCUT2D eigenvalue weighted by Crippen LogP contribution is 2.35. The van der Waals surface area contributed by atoms with E-state index in [4.69, 9.17) is 0 Å². The van der Waals surface area contributed by atoms with Crippen LogP contribution in [-0.2, 0) is 20.9 Å². The molecule has 5 heterocycles. The van der Waals surface area contributed by atoms with E-state index in [2.05, 4.69) is 43.6 Å². The highest BCUT2D eigenvalue weighted by Gasteiger charge is 2.39. The third kappa shape index (κ3) is 10.5. The van der Waals surface area contributed by atoms with Crippen LogP contribution in [0, 0.1) is 5.92 Å². The number of nitrogens with zero attached hydrogens (tertiary/aromatic N) is 5. The molecule has 57 heavy (non-hydrogen) atoms. The van der Waals surface area contributed by atoms with E-state index < -0.39 is 6.04 Å². The summed E-state index contributed by atoms with van der Waals surface area (Å²) < 4.78 is 0. The van der Waals surface area contributed by atoms with Crippen LogP contribution >= 0.6 is 11.8 Å². The molecule has 13 heteroatoms. The fraction of sp³-hybridized carbons (Fsp3) is 0.455. The number of anilines is 1. The first-order valence-corrected chi connectivity index (χ1v) is 21.4. The topological polar surface area (TPSA) is 135 Å². The Bertz CT molecular complexity index is 1920. The number of likely N-dealkylation sites (tertiary alicyclic amines) is 1. The Kier molecular flexibility index (Phi) is 13.7. The summed E-state index contributed by atoms with van der Waals surface area (Å²) in [6.45, 7) is 7.49. The Morgan fingerprint density at radius 1 is 0.895 bits per heavy atom. The molecule has 12 nitrogen and oxygen atoms in total. The van der Waals surface area contributed by atoms with Crippen molar-refractivity contribution in [1.29, 1.82) is 0 Å². The zero-order valence-corrected chi connectivity index (χ0v) is 33.4. The van der Waals surface area contributed by atoms with Gasteiger partial charge >= 0.3 is 0 Å². The Morgan fingerprint density at radius 3 is 2.46 bits per heavy atom. The van der Waals surface area contributed by atoms with Crippen LogP contribution in [0.3, 0.4) is 0 Å². The first kappa shape index (κ1) is 40.2. The van der Waals surface area contributed by atoms with Crippen molar-refractivity contribution in [2.45, 2.75) is 68.8 Å². The SMILES string of the molecule is O=C(/C=C/c1cccnc1)NCCCCC1CCN(C(=O)c2ccc(N3CCN(CCCSc4cccc5c4CN(C4CCC(=O)NC4=O)C5=O)CC3)cc2)CC1. The molecule has 4 aliphatic rings. The molecule has 3 fully saturated rings. The van der Waals surface area contributed by atoms with E-state index >= 15 is 0 Å². The second-order valence-electron chi connectivity index (χ2n) is 15.4. The molecule has 1 aromatic heterocycles. The molecule has 3 saturated heterocycles. The highest BCUT2D eigenvalue weighted by atomic mass is 32.2. The lowest BCUT2D eigenvalue weighted by molar-refractivity contribution is -0.137. The monoisotopic (exact) mass is 791 g/mol. The molecule has 2 N–H and O–H groups in total. The number of hydrogen-bond acceptors (Lipinski definition) is 9. The van der Waals surface area contributed by atoms with Gasteiger partial charge in [0.15, 0.2) is 0 Å². The van der Waals surface area contributed by atoms with Gasteiger partial charge in [-0.1, -0.05) is 25.0 Å². The standard InChI is InChI=1S/C44H53N7O5S/c52-40(16-10-33-7-4-20-45-30-33)46-21-2-1-6-32-18-23-50(24-19-32)43(55)34-11-13-35(14-12-34)49-27-25-48(26-28-49)22-5-29-57-39-9-3-8-36-37(39)31-51(44(36)56)38-15-17-41(53)47-42(38)54/h3-4,7-14,16,20,30,32,38H,1-2,5-6,15,17-19,21-29,31H2,(H,46,52)(H,47,53,54)/b16-10+. The van der Waals surface area contributed by atoms with E-state index in [0.29, 0.717) is 31.0 Å². The van der Waals surface area contributed by atoms with Crippen LogP contribution in [-0.4, -0.2) is 113 Å². The lowest BCUT2D eigenvalue weighted by Crippen LogP contribution is -2.52. The van der Waals surface area contributed by atoms with Crippen LogP contribution < -0.4 is 15.5 Å². The van der Waals surface area contributed by atoms with E-state index in [-0.39, 0.29) is 36.0 Å². The Hall–Kier alpha value is -5.01. The lowest BCUT2D eigenvalue weighted by atomic mass is 9.91. The van der Waals surface area contributed by atoms with Crippen LogP contribution in [0.2, 0.25) is 0 Å². The van der Waals surface area contributed by atoms with Crippen molar-refractivity contribution in [3.63, 3.8) is 0 Å². The minimum atomic E-state index is -0.600. The molecule has 1 unspecified atom stereocenters. The fourth-order valence-electron chi connectivity index (χ4n) is 8.29. The molecule has 0 bridgehead atoms. The van der Waals surface area contributed by atoms with E-state index in [1.807, 2.05) is 41.3 Å². The van der Waals surface area contributed by atoms with E-state index in [1.165, 1.54) is 0 Å². The number of pyridine rings is 1. The number of nitrogens with one attached hydrogen (secondary N) is 2. The van der Waals surface area contributed by atoms with Crippen LogP contribution in [0.1, 0.15) is 83.2 Å². The van der Waals surface area contributed by atoms with E-state index in [0.717, 1.165) is 117 Å². The molecular formula is C44H53N7O5S. The minimum absolute atomic E-state index is 0.0855. The van der Waals surface area contributed by atoms with Gasteiger partial charge in [-0.25, -0.2) is 0 Å². The Morgan fingerprint density at radius 2 is 1.70 bits per heavy atom. The average Bonchev–Trinajstić information content (AvgIpc) is 3.58. The Labute approximate surface area is 339 Å². The number of hydrogen-bond donors (Lipinski definition) is 2. The first-order chi connectivity index (χ1) is 27.8. The normalized spacial score (nSPS) is 19.3. The number of carbonyl (C=O) groups is 5. The first-order valence-electron chi connectivity index (χ1n) is 20.4.